The zero-order chi connectivity index (χ0) is 14.5. The summed E-state index contributed by atoms with van der Waals surface area (Å²) in [5.74, 6) is -1.15. The molecule has 1 atom stereocenters. The normalized spacial score (nSPS) is 13.2. The van der Waals surface area contributed by atoms with Crippen molar-refractivity contribution in [1.82, 2.24) is 4.72 Å². The fraction of sp³-hybridized carbons (Fsp3) is 0.462. The minimum atomic E-state index is -3.78. The number of sulfonamides is 1. The number of carboxylic acids is 1. The van der Waals surface area contributed by atoms with Gasteiger partial charge in [-0.1, -0.05) is 37.5 Å². The van der Waals surface area contributed by atoms with Gasteiger partial charge in [0, 0.05) is 0 Å². The zero-order valence-corrected chi connectivity index (χ0v) is 11.9. The Balaban J connectivity index is 2.87. The average molecular weight is 285 g/mol. The lowest BCUT2D eigenvalue weighted by molar-refractivity contribution is -0.139. The van der Waals surface area contributed by atoms with E-state index in [0.29, 0.717) is 6.42 Å². The quantitative estimate of drug-likeness (QED) is 0.801. The van der Waals surface area contributed by atoms with E-state index in [0.717, 1.165) is 12.0 Å². The summed E-state index contributed by atoms with van der Waals surface area (Å²) in [5, 5.41) is 9.03. The predicted octanol–water partition coefficient (Wildman–Crippen LogP) is 1.92. The molecule has 0 saturated heterocycles. The van der Waals surface area contributed by atoms with Gasteiger partial charge in [-0.25, -0.2) is 8.42 Å². The molecular formula is C13H19NO4S. The van der Waals surface area contributed by atoms with Crippen molar-refractivity contribution < 1.29 is 18.3 Å². The topological polar surface area (TPSA) is 83.5 Å². The van der Waals surface area contributed by atoms with Gasteiger partial charge < -0.3 is 5.11 Å². The number of hydrogen-bond acceptors (Lipinski definition) is 3. The van der Waals surface area contributed by atoms with Gasteiger partial charge in [-0.15, -0.1) is 0 Å². The Hall–Kier alpha value is -1.40. The second-order valence-corrected chi connectivity index (χ2v) is 6.18. The average Bonchev–Trinajstić information content (AvgIpc) is 2.34. The molecule has 0 bridgehead atoms. The molecular weight excluding hydrogens is 266 g/mol. The Morgan fingerprint density at radius 3 is 2.37 bits per heavy atom. The fourth-order valence-corrected chi connectivity index (χ4v) is 2.84. The van der Waals surface area contributed by atoms with E-state index in [1.165, 1.54) is 12.1 Å². The van der Waals surface area contributed by atoms with Crippen LogP contribution in [-0.4, -0.2) is 25.5 Å². The highest BCUT2D eigenvalue weighted by molar-refractivity contribution is 7.89. The minimum absolute atomic E-state index is 0.0841. The third kappa shape index (κ3) is 4.65. The number of unbranched alkanes of at least 4 members (excludes halogenated alkanes) is 1. The summed E-state index contributed by atoms with van der Waals surface area (Å²) in [6.45, 7) is 3.78. The van der Waals surface area contributed by atoms with E-state index < -0.39 is 22.0 Å². The van der Waals surface area contributed by atoms with E-state index >= 15 is 0 Å². The molecule has 0 radical (unpaired) electrons. The molecule has 2 N–H and O–H groups in total. The number of hydrogen-bond donors (Lipinski definition) is 2. The highest BCUT2D eigenvalue weighted by Gasteiger charge is 2.24. The maximum absolute atomic E-state index is 12.0. The van der Waals surface area contributed by atoms with Gasteiger partial charge in [-0.3, -0.25) is 4.79 Å². The Kier molecular flexibility index (Phi) is 5.50. The van der Waals surface area contributed by atoms with Crippen molar-refractivity contribution in [2.24, 2.45) is 0 Å². The van der Waals surface area contributed by atoms with E-state index in [1.807, 2.05) is 13.8 Å². The van der Waals surface area contributed by atoms with Gasteiger partial charge in [0.15, 0.2) is 0 Å². The molecule has 0 spiro atoms. The zero-order valence-electron chi connectivity index (χ0n) is 11.1. The van der Waals surface area contributed by atoms with E-state index in [2.05, 4.69) is 4.72 Å². The van der Waals surface area contributed by atoms with Crippen LogP contribution in [0.2, 0.25) is 0 Å². The predicted molar refractivity (Wildman–Crippen MR) is 72.4 cm³/mol. The molecule has 6 heteroatoms. The van der Waals surface area contributed by atoms with Gasteiger partial charge in [0.05, 0.1) is 4.90 Å². The number of carbonyl (C=O) groups is 1. The number of benzene rings is 1. The SMILES string of the molecule is CCCC[C@@H](NS(=O)(=O)c1ccc(C)cc1)C(=O)O. The smallest absolute Gasteiger partial charge is 0.321 e. The van der Waals surface area contributed by atoms with Gasteiger partial charge in [0.25, 0.3) is 0 Å². The summed E-state index contributed by atoms with van der Waals surface area (Å²) < 4.78 is 26.3. The molecule has 1 rings (SSSR count). The van der Waals surface area contributed by atoms with Crippen LogP contribution in [-0.2, 0) is 14.8 Å². The molecule has 0 aliphatic heterocycles. The van der Waals surface area contributed by atoms with Crippen molar-refractivity contribution in [3.8, 4) is 0 Å². The van der Waals surface area contributed by atoms with Crippen molar-refractivity contribution in [3.63, 3.8) is 0 Å². The first-order chi connectivity index (χ1) is 8.86. The lowest BCUT2D eigenvalue weighted by Crippen LogP contribution is -2.40. The highest BCUT2D eigenvalue weighted by atomic mass is 32.2. The number of rotatable bonds is 7. The number of aliphatic carboxylic acids is 1. The molecule has 19 heavy (non-hydrogen) atoms. The number of nitrogens with one attached hydrogen (secondary N) is 1. The Morgan fingerprint density at radius 2 is 1.89 bits per heavy atom. The minimum Gasteiger partial charge on any atom is -0.480 e. The van der Waals surface area contributed by atoms with E-state index in [-0.39, 0.29) is 11.3 Å². The molecule has 1 aromatic rings. The standard InChI is InChI=1S/C13H19NO4S/c1-3-4-5-12(13(15)16)14-19(17,18)11-8-6-10(2)7-9-11/h6-9,12,14H,3-5H2,1-2H3,(H,15,16)/t12-/m1/s1. The monoisotopic (exact) mass is 285 g/mol. The van der Waals surface area contributed by atoms with Gasteiger partial charge in [-0.2, -0.15) is 4.72 Å². The summed E-state index contributed by atoms with van der Waals surface area (Å²) in [7, 11) is -3.78. The van der Waals surface area contributed by atoms with Crippen LogP contribution in [0.15, 0.2) is 29.2 Å². The molecule has 0 heterocycles. The summed E-state index contributed by atoms with van der Waals surface area (Å²) in [6.07, 6.45) is 1.76. The molecule has 0 aromatic heterocycles. The highest BCUT2D eigenvalue weighted by Crippen LogP contribution is 2.12. The second-order valence-electron chi connectivity index (χ2n) is 4.47. The van der Waals surface area contributed by atoms with E-state index in [4.69, 9.17) is 5.11 Å². The molecule has 106 valence electrons. The fourth-order valence-electron chi connectivity index (χ4n) is 1.61. The van der Waals surface area contributed by atoms with E-state index in [9.17, 15) is 13.2 Å². The molecule has 0 aliphatic rings. The van der Waals surface area contributed by atoms with Crippen LogP contribution >= 0.6 is 0 Å². The lowest BCUT2D eigenvalue weighted by atomic mass is 10.1. The Morgan fingerprint density at radius 1 is 1.32 bits per heavy atom. The third-order valence-corrected chi connectivity index (χ3v) is 4.26. The van der Waals surface area contributed by atoms with Crippen molar-refractivity contribution in [2.45, 2.75) is 44.0 Å². The van der Waals surface area contributed by atoms with Gasteiger partial charge in [0.1, 0.15) is 6.04 Å². The molecule has 1 aromatic carbocycles. The summed E-state index contributed by atoms with van der Waals surface area (Å²) in [4.78, 5) is 11.1. The Bertz CT molecular complexity index is 522. The molecule has 0 fully saturated rings. The molecule has 0 amide bonds. The number of aryl methyl sites for hydroxylation is 1. The van der Waals surface area contributed by atoms with Gasteiger partial charge in [-0.05, 0) is 25.5 Å². The van der Waals surface area contributed by atoms with Gasteiger partial charge in [0.2, 0.25) is 10.0 Å². The third-order valence-electron chi connectivity index (χ3n) is 2.77. The van der Waals surface area contributed by atoms with Crippen molar-refractivity contribution in [1.29, 1.82) is 0 Å². The van der Waals surface area contributed by atoms with E-state index in [1.54, 1.807) is 12.1 Å². The number of carboxylic acid groups (broad SMARTS) is 1. The first-order valence-corrected chi connectivity index (χ1v) is 7.67. The van der Waals surface area contributed by atoms with Crippen molar-refractivity contribution in [3.05, 3.63) is 29.8 Å². The molecule has 5 nitrogen and oxygen atoms in total. The Labute approximate surface area is 113 Å². The van der Waals surface area contributed by atoms with Crippen molar-refractivity contribution >= 4 is 16.0 Å². The van der Waals surface area contributed by atoms with Crippen LogP contribution < -0.4 is 4.72 Å². The van der Waals surface area contributed by atoms with Crippen LogP contribution in [0.1, 0.15) is 31.7 Å². The first-order valence-electron chi connectivity index (χ1n) is 6.18. The lowest BCUT2D eigenvalue weighted by Gasteiger charge is -2.14. The summed E-state index contributed by atoms with van der Waals surface area (Å²) in [5.41, 5.74) is 0.944. The second kappa shape index (κ2) is 6.68. The molecule has 0 unspecified atom stereocenters. The van der Waals surface area contributed by atoms with Crippen LogP contribution in [0, 0.1) is 6.92 Å². The molecule has 0 saturated carbocycles. The molecule has 0 aliphatic carbocycles. The summed E-state index contributed by atoms with van der Waals surface area (Å²) >= 11 is 0. The van der Waals surface area contributed by atoms with Crippen LogP contribution in [0.5, 0.6) is 0 Å². The maximum Gasteiger partial charge on any atom is 0.321 e. The van der Waals surface area contributed by atoms with Gasteiger partial charge >= 0.3 is 5.97 Å². The van der Waals surface area contributed by atoms with Crippen molar-refractivity contribution in [2.75, 3.05) is 0 Å². The first kappa shape index (κ1) is 15.7. The summed E-state index contributed by atoms with van der Waals surface area (Å²) in [6, 6.07) is 5.21. The maximum atomic E-state index is 12.0. The van der Waals surface area contributed by atoms with Crippen LogP contribution in [0.3, 0.4) is 0 Å². The van der Waals surface area contributed by atoms with Crippen LogP contribution in [0.25, 0.3) is 0 Å². The van der Waals surface area contributed by atoms with Crippen LogP contribution in [0.4, 0.5) is 0 Å². The largest absolute Gasteiger partial charge is 0.480 e.